The number of aromatic nitrogens is 3. The van der Waals surface area contributed by atoms with E-state index in [-0.39, 0.29) is 0 Å². The highest BCUT2D eigenvalue weighted by atomic mass is 32.2. The van der Waals surface area contributed by atoms with Crippen molar-refractivity contribution < 1.29 is 9.15 Å². The van der Waals surface area contributed by atoms with E-state index in [1.807, 2.05) is 41.0 Å². The molecule has 0 aliphatic rings. The molecule has 22 heavy (non-hydrogen) atoms. The van der Waals surface area contributed by atoms with Gasteiger partial charge in [0.15, 0.2) is 5.16 Å². The molecule has 3 aromatic rings. The monoisotopic (exact) mass is 315 g/mol. The molecule has 0 radical (unpaired) electrons. The SMILES string of the molecule is Cc1ccc(OCCSc2nncn2Cc2ccco2)cc1. The zero-order valence-electron chi connectivity index (χ0n) is 12.3. The van der Waals surface area contributed by atoms with Gasteiger partial charge in [-0.1, -0.05) is 29.5 Å². The van der Waals surface area contributed by atoms with Crippen molar-refractivity contribution in [3.05, 3.63) is 60.3 Å². The van der Waals surface area contributed by atoms with Gasteiger partial charge >= 0.3 is 0 Å². The largest absolute Gasteiger partial charge is 0.493 e. The van der Waals surface area contributed by atoms with Crippen molar-refractivity contribution in [3.63, 3.8) is 0 Å². The van der Waals surface area contributed by atoms with Crippen LogP contribution in [-0.2, 0) is 6.54 Å². The third-order valence-electron chi connectivity index (χ3n) is 3.09. The molecule has 2 heterocycles. The lowest BCUT2D eigenvalue weighted by Gasteiger charge is -2.07. The van der Waals surface area contributed by atoms with Crippen molar-refractivity contribution in [1.82, 2.24) is 14.8 Å². The number of nitrogens with zero attached hydrogens (tertiary/aromatic N) is 3. The molecule has 5 nitrogen and oxygen atoms in total. The third kappa shape index (κ3) is 3.92. The molecule has 2 aromatic heterocycles. The molecule has 6 heteroatoms. The van der Waals surface area contributed by atoms with Crippen LogP contribution in [-0.4, -0.2) is 27.1 Å². The Bertz CT molecular complexity index is 693. The molecule has 0 saturated carbocycles. The van der Waals surface area contributed by atoms with Crippen molar-refractivity contribution in [3.8, 4) is 5.75 Å². The topological polar surface area (TPSA) is 53.1 Å². The second kappa shape index (κ2) is 7.17. The van der Waals surface area contributed by atoms with E-state index in [1.165, 1.54) is 5.56 Å². The Labute approximate surface area is 133 Å². The zero-order valence-corrected chi connectivity index (χ0v) is 13.1. The number of ether oxygens (including phenoxy) is 1. The van der Waals surface area contributed by atoms with Crippen LogP contribution >= 0.6 is 11.8 Å². The Balaban J connectivity index is 1.48. The van der Waals surface area contributed by atoms with Crippen molar-refractivity contribution in [2.45, 2.75) is 18.6 Å². The zero-order chi connectivity index (χ0) is 15.2. The Morgan fingerprint density at radius 2 is 2.09 bits per heavy atom. The summed E-state index contributed by atoms with van der Waals surface area (Å²) in [6.45, 7) is 3.33. The molecule has 0 aliphatic carbocycles. The van der Waals surface area contributed by atoms with Gasteiger partial charge in [-0.15, -0.1) is 10.2 Å². The Hall–Kier alpha value is -2.21. The molecule has 0 unspecified atom stereocenters. The summed E-state index contributed by atoms with van der Waals surface area (Å²) in [4.78, 5) is 0. The van der Waals surface area contributed by atoms with Crippen molar-refractivity contribution in [2.75, 3.05) is 12.4 Å². The van der Waals surface area contributed by atoms with Gasteiger partial charge < -0.3 is 13.7 Å². The molecule has 0 bridgehead atoms. The summed E-state index contributed by atoms with van der Waals surface area (Å²) in [6.07, 6.45) is 3.38. The molecule has 0 atom stereocenters. The van der Waals surface area contributed by atoms with E-state index >= 15 is 0 Å². The number of benzene rings is 1. The molecular formula is C16H17N3O2S. The highest BCUT2D eigenvalue weighted by Gasteiger charge is 2.07. The fraction of sp³-hybridized carbons (Fsp3) is 0.250. The first-order chi connectivity index (χ1) is 10.8. The highest BCUT2D eigenvalue weighted by molar-refractivity contribution is 7.99. The van der Waals surface area contributed by atoms with E-state index < -0.39 is 0 Å². The lowest BCUT2D eigenvalue weighted by Crippen LogP contribution is -2.03. The Kier molecular flexibility index (Phi) is 4.80. The number of hydrogen-bond donors (Lipinski definition) is 0. The fourth-order valence-corrected chi connectivity index (χ4v) is 2.69. The van der Waals surface area contributed by atoms with Gasteiger partial charge in [0.1, 0.15) is 17.8 Å². The number of aryl methyl sites for hydroxylation is 1. The molecule has 0 amide bonds. The third-order valence-corrected chi connectivity index (χ3v) is 4.04. The average molecular weight is 315 g/mol. The van der Waals surface area contributed by atoms with Gasteiger partial charge in [-0.2, -0.15) is 0 Å². The van der Waals surface area contributed by atoms with Crippen LogP contribution in [0.3, 0.4) is 0 Å². The highest BCUT2D eigenvalue weighted by Crippen LogP contribution is 2.17. The maximum atomic E-state index is 5.71. The summed E-state index contributed by atoms with van der Waals surface area (Å²) in [5.74, 6) is 2.59. The van der Waals surface area contributed by atoms with Gasteiger partial charge in [-0.3, -0.25) is 0 Å². The van der Waals surface area contributed by atoms with Gasteiger partial charge in [-0.25, -0.2) is 0 Å². The minimum absolute atomic E-state index is 0.626. The van der Waals surface area contributed by atoms with Crippen LogP contribution in [0.4, 0.5) is 0 Å². The Morgan fingerprint density at radius 3 is 2.86 bits per heavy atom. The first-order valence-electron chi connectivity index (χ1n) is 7.04. The van der Waals surface area contributed by atoms with Crippen molar-refractivity contribution in [1.29, 1.82) is 0 Å². The lowest BCUT2D eigenvalue weighted by atomic mass is 10.2. The predicted molar refractivity (Wildman–Crippen MR) is 85.2 cm³/mol. The number of thioether (sulfide) groups is 1. The molecule has 1 aromatic carbocycles. The van der Waals surface area contributed by atoms with Crippen molar-refractivity contribution >= 4 is 11.8 Å². The van der Waals surface area contributed by atoms with Gasteiger partial charge in [0.2, 0.25) is 0 Å². The molecular weight excluding hydrogens is 298 g/mol. The lowest BCUT2D eigenvalue weighted by molar-refractivity contribution is 0.343. The van der Waals surface area contributed by atoms with Gasteiger partial charge in [-0.05, 0) is 31.2 Å². The first-order valence-corrected chi connectivity index (χ1v) is 8.02. The normalized spacial score (nSPS) is 10.8. The summed E-state index contributed by atoms with van der Waals surface area (Å²) in [5.41, 5.74) is 1.23. The summed E-state index contributed by atoms with van der Waals surface area (Å²) >= 11 is 1.62. The molecule has 0 N–H and O–H groups in total. The Morgan fingerprint density at radius 1 is 1.23 bits per heavy atom. The number of hydrogen-bond acceptors (Lipinski definition) is 5. The molecule has 0 fully saturated rings. The maximum Gasteiger partial charge on any atom is 0.191 e. The molecule has 0 saturated heterocycles. The van der Waals surface area contributed by atoms with E-state index in [0.717, 1.165) is 22.4 Å². The van der Waals surface area contributed by atoms with Crippen LogP contribution in [0, 0.1) is 6.92 Å². The van der Waals surface area contributed by atoms with Crippen LogP contribution in [0.2, 0.25) is 0 Å². The van der Waals surface area contributed by atoms with Gasteiger partial charge in [0.25, 0.3) is 0 Å². The summed E-state index contributed by atoms with van der Waals surface area (Å²) < 4.78 is 13.0. The predicted octanol–water partition coefficient (Wildman–Crippen LogP) is 3.40. The fourth-order valence-electron chi connectivity index (χ4n) is 1.96. The minimum Gasteiger partial charge on any atom is -0.493 e. The summed E-state index contributed by atoms with van der Waals surface area (Å²) in [6, 6.07) is 11.9. The van der Waals surface area contributed by atoms with E-state index in [9.17, 15) is 0 Å². The summed E-state index contributed by atoms with van der Waals surface area (Å²) in [5, 5.41) is 8.96. The van der Waals surface area contributed by atoms with Crippen LogP contribution in [0.1, 0.15) is 11.3 Å². The van der Waals surface area contributed by atoms with E-state index in [2.05, 4.69) is 17.1 Å². The van der Waals surface area contributed by atoms with E-state index in [0.29, 0.717) is 13.2 Å². The molecule has 114 valence electrons. The second-order valence-corrected chi connectivity index (χ2v) is 5.89. The van der Waals surface area contributed by atoms with Crippen molar-refractivity contribution in [2.24, 2.45) is 0 Å². The van der Waals surface area contributed by atoms with E-state index in [4.69, 9.17) is 9.15 Å². The maximum absolute atomic E-state index is 5.71. The van der Waals surface area contributed by atoms with Crippen LogP contribution < -0.4 is 4.74 Å². The van der Waals surface area contributed by atoms with Crippen LogP contribution in [0.5, 0.6) is 5.75 Å². The quantitative estimate of drug-likeness (QED) is 0.494. The average Bonchev–Trinajstić information content (AvgIpc) is 3.18. The smallest absolute Gasteiger partial charge is 0.191 e. The second-order valence-electron chi connectivity index (χ2n) is 4.83. The number of furan rings is 1. The van der Waals surface area contributed by atoms with Crippen LogP contribution in [0.25, 0.3) is 0 Å². The van der Waals surface area contributed by atoms with Crippen LogP contribution in [0.15, 0.2) is 58.6 Å². The van der Waals surface area contributed by atoms with Gasteiger partial charge in [0.05, 0.1) is 19.4 Å². The number of rotatable bonds is 7. The standard InChI is InChI=1S/C16H17N3O2S/c1-13-4-6-14(7-5-13)21-9-10-22-16-18-17-12-19(16)11-15-3-2-8-20-15/h2-8,12H,9-11H2,1H3. The molecule has 3 rings (SSSR count). The summed E-state index contributed by atoms with van der Waals surface area (Å²) in [7, 11) is 0. The molecule has 0 aliphatic heterocycles. The van der Waals surface area contributed by atoms with E-state index in [1.54, 1.807) is 24.4 Å². The first kappa shape index (κ1) is 14.7. The van der Waals surface area contributed by atoms with Gasteiger partial charge in [0, 0.05) is 5.75 Å². The minimum atomic E-state index is 0.626. The molecule has 0 spiro atoms.